The number of carbonyl (C=O) groups excluding carboxylic acids is 3. The Morgan fingerprint density at radius 2 is 1.52 bits per heavy atom. The number of ether oxygens (including phenoxy) is 1. The first-order chi connectivity index (χ1) is 13.1. The van der Waals surface area contributed by atoms with Crippen molar-refractivity contribution in [3.63, 3.8) is 0 Å². The Hall–Kier alpha value is -2.67. The van der Waals surface area contributed by atoms with Crippen LogP contribution in [0.2, 0.25) is 0 Å². The van der Waals surface area contributed by atoms with Gasteiger partial charge in [0.2, 0.25) is 5.91 Å². The van der Waals surface area contributed by atoms with Crippen LogP contribution in [0.15, 0.2) is 47.8 Å². The Morgan fingerprint density at radius 1 is 0.852 bits per heavy atom. The highest BCUT2D eigenvalue weighted by atomic mass is 32.1. The molecule has 1 aromatic heterocycles. The minimum atomic E-state index is -0.0844. The maximum absolute atomic E-state index is 12.3. The van der Waals surface area contributed by atoms with Gasteiger partial charge < -0.3 is 14.5 Å². The fraction of sp³-hybridized carbons (Fsp3) is 0.350. The second-order valence-corrected chi connectivity index (χ2v) is 7.21. The zero-order valence-corrected chi connectivity index (χ0v) is 15.8. The van der Waals surface area contributed by atoms with Gasteiger partial charge in [-0.2, -0.15) is 0 Å². The lowest BCUT2D eigenvalue weighted by Crippen LogP contribution is -2.51. The third-order valence-electron chi connectivity index (χ3n) is 4.45. The standard InChI is InChI=1S/C20H22N2O4S/c23-17(18-7-4-14-27-18)8-9-19(24)21-10-12-22(13-11-21)20(25)15-26-16-5-2-1-3-6-16/h1-7,14H,8-13,15H2. The maximum atomic E-state index is 12.3. The molecule has 1 saturated heterocycles. The number of nitrogens with zero attached hydrogens (tertiary/aromatic N) is 2. The summed E-state index contributed by atoms with van der Waals surface area (Å²) in [6.07, 6.45) is 0.436. The Balaban J connectivity index is 1.38. The third-order valence-corrected chi connectivity index (χ3v) is 5.36. The molecule has 3 rings (SSSR count). The molecule has 0 atom stereocenters. The summed E-state index contributed by atoms with van der Waals surface area (Å²) < 4.78 is 5.49. The van der Waals surface area contributed by atoms with Crippen molar-refractivity contribution >= 4 is 28.9 Å². The molecule has 0 radical (unpaired) electrons. The zero-order chi connectivity index (χ0) is 19.1. The van der Waals surface area contributed by atoms with E-state index in [9.17, 15) is 14.4 Å². The Bertz CT molecular complexity index is 769. The van der Waals surface area contributed by atoms with E-state index in [1.54, 1.807) is 28.0 Å². The smallest absolute Gasteiger partial charge is 0.260 e. The summed E-state index contributed by atoms with van der Waals surface area (Å²) in [5, 5.41) is 1.85. The Labute approximate surface area is 162 Å². The molecule has 1 aliphatic rings. The number of carbonyl (C=O) groups is 3. The van der Waals surface area contributed by atoms with Crippen LogP contribution in [-0.4, -0.2) is 60.2 Å². The van der Waals surface area contributed by atoms with Gasteiger partial charge in [0.05, 0.1) is 4.88 Å². The molecule has 142 valence electrons. The van der Waals surface area contributed by atoms with E-state index in [4.69, 9.17) is 4.74 Å². The second-order valence-electron chi connectivity index (χ2n) is 6.26. The average molecular weight is 386 g/mol. The number of hydrogen-bond donors (Lipinski definition) is 0. The lowest BCUT2D eigenvalue weighted by molar-refractivity contribution is -0.140. The number of Topliss-reactive ketones (excluding diaryl/α,β-unsaturated/α-hetero) is 1. The molecule has 27 heavy (non-hydrogen) atoms. The van der Waals surface area contributed by atoms with Crippen LogP contribution in [0.25, 0.3) is 0 Å². The van der Waals surface area contributed by atoms with E-state index >= 15 is 0 Å². The molecule has 0 saturated carbocycles. The molecule has 6 nitrogen and oxygen atoms in total. The van der Waals surface area contributed by atoms with Crippen molar-refractivity contribution in [1.82, 2.24) is 9.80 Å². The molecular weight excluding hydrogens is 364 g/mol. The van der Waals surface area contributed by atoms with Crippen LogP contribution in [-0.2, 0) is 9.59 Å². The van der Waals surface area contributed by atoms with Crippen LogP contribution < -0.4 is 4.74 Å². The molecule has 0 N–H and O–H groups in total. The van der Waals surface area contributed by atoms with Crippen molar-refractivity contribution in [1.29, 1.82) is 0 Å². The van der Waals surface area contributed by atoms with E-state index in [2.05, 4.69) is 0 Å². The van der Waals surface area contributed by atoms with Crippen molar-refractivity contribution in [3.8, 4) is 5.75 Å². The predicted octanol–water partition coefficient (Wildman–Crippen LogP) is 2.46. The number of rotatable bonds is 7. The highest BCUT2D eigenvalue weighted by Gasteiger charge is 2.24. The Morgan fingerprint density at radius 3 is 2.15 bits per heavy atom. The number of para-hydroxylation sites is 1. The van der Waals surface area contributed by atoms with Gasteiger partial charge in [0, 0.05) is 39.0 Å². The van der Waals surface area contributed by atoms with Crippen LogP contribution in [0.1, 0.15) is 22.5 Å². The normalized spacial score (nSPS) is 14.1. The topological polar surface area (TPSA) is 66.9 Å². The monoisotopic (exact) mass is 386 g/mol. The summed E-state index contributed by atoms with van der Waals surface area (Å²) in [5.41, 5.74) is 0. The van der Waals surface area contributed by atoms with E-state index in [0.717, 1.165) is 0 Å². The summed E-state index contributed by atoms with van der Waals surface area (Å²) in [5.74, 6) is 0.548. The zero-order valence-electron chi connectivity index (χ0n) is 15.0. The molecule has 0 aliphatic carbocycles. The molecule has 2 amide bonds. The summed E-state index contributed by atoms with van der Waals surface area (Å²) in [7, 11) is 0. The molecule has 0 unspecified atom stereocenters. The summed E-state index contributed by atoms with van der Waals surface area (Å²) >= 11 is 1.39. The van der Waals surface area contributed by atoms with Crippen LogP contribution in [0, 0.1) is 0 Å². The molecule has 0 bridgehead atoms. The van der Waals surface area contributed by atoms with Crippen molar-refractivity contribution in [3.05, 3.63) is 52.7 Å². The first-order valence-electron chi connectivity index (χ1n) is 8.93. The third kappa shape index (κ3) is 5.40. The van der Waals surface area contributed by atoms with E-state index in [0.29, 0.717) is 36.8 Å². The average Bonchev–Trinajstić information content (AvgIpc) is 3.26. The van der Waals surface area contributed by atoms with Gasteiger partial charge in [-0.25, -0.2) is 0 Å². The first-order valence-corrected chi connectivity index (χ1v) is 9.81. The SMILES string of the molecule is O=C(CCC(=O)N1CCN(C(=O)COc2ccccc2)CC1)c1cccs1. The number of amides is 2. The Kier molecular flexibility index (Phi) is 6.59. The number of piperazine rings is 1. The first kappa shape index (κ1) is 19.1. The van der Waals surface area contributed by atoms with Gasteiger partial charge in [0.15, 0.2) is 12.4 Å². The van der Waals surface area contributed by atoms with Gasteiger partial charge in [-0.3, -0.25) is 14.4 Å². The van der Waals surface area contributed by atoms with Gasteiger partial charge >= 0.3 is 0 Å². The maximum Gasteiger partial charge on any atom is 0.260 e. The second kappa shape index (κ2) is 9.32. The lowest BCUT2D eigenvalue weighted by Gasteiger charge is -2.34. The number of thiophene rings is 1. The molecule has 1 fully saturated rings. The van der Waals surface area contributed by atoms with E-state index in [1.165, 1.54) is 11.3 Å². The van der Waals surface area contributed by atoms with Crippen molar-refractivity contribution in [2.24, 2.45) is 0 Å². The minimum absolute atomic E-state index is 0.00484. The predicted molar refractivity (Wildman–Crippen MR) is 103 cm³/mol. The quantitative estimate of drug-likeness (QED) is 0.686. The number of hydrogen-bond acceptors (Lipinski definition) is 5. The summed E-state index contributed by atoms with van der Waals surface area (Å²) in [6.45, 7) is 1.95. The summed E-state index contributed by atoms with van der Waals surface area (Å²) in [4.78, 5) is 40.7. The van der Waals surface area contributed by atoms with Crippen LogP contribution in [0.4, 0.5) is 0 Å². The van der Waals surface area contributed by atoms with E-state index < -0.39 is 0 Å². The highest BCUT2D eigenvalue weighted by Crippen LogP contribution is 2.14. The number of benzene rings is 1. The largest absolute Gasteiger partial charge is 0.484 e. The lowest BCUT2D eigenvalue weighted by atomic mass is 10.1. The van der Waals surface area contributed by atoms with Gasteiger partial charge in [-0.1, -0.05) is 24.3 Å². The molecule has 1 aromatic carbocycles. The van der Waals surface area contributed by atoms with Gasteiger partial charge in [0.25, 0.3) is 5.91 Å². The van der Waals surface area contributed by atoms with Crippen molar-refractivity contribution in [2.45, 2.75) is 12.8 Å². The number of ketones is 1. The van der Waals surface area contributed by atoms with Gasteiger partial charge in [-0.05, 0) is 23.6 Å². The highest BCUT2D eigenvalue weighted by molar-refractivity contribution is 7.12. The minimum Gasteiger partial charge on any atom is -0.484 e. The molecule has 2 heterocycles. The van der Waals surface area contributed by atoms with Crippen molar-refractivity contribution in [2.75, 3.05) is 32.8 Å². The van der Waals surface area contributed by atoms with Crippen LogP contribution in [0.5, 0.6) is 5.75 Å². The van der Waals surface area contributed by atoms with E-state index in [-0.39, 0.29) is 37.0 Å². The molecule has 2 aromatic rings. The van der Waals surface area contributed by atoms with Gasteiger partial charge in [-0.15, -0.1) is 11.3 Å². The molecule has 0 spiro atoms. The fourth-order valence-electron chi connectivity index (χ4n) is 2.90. The van der Waals surface area contributed by atoms with E-state index in [1.807, 2.05) is 29.6 Å². The van der Waals surface area contributed by atoms with Crippen LogP contribution >= 0.6 is 11.3 Å². The molecule has 1 aliphatic heterocycles. The molecular formula is C20H22N2O4S. The summed E-state index contributed by atoms with van der Waals surface area (Å²) in [6, 6.07) is 12.8. The fourth-order valence-corrected chi connectivity index (χ4v) is 3.59. The van der Waals surface area contributed by atoms with Crippen LogP contribution in [0.3, 0.4) is 0 Å². The molecule has 7 heteroatoms. The van der Waals surface area contributed by atoms with Crippen molar-refractivity contribution < 1.29 is 19.1 Å². The van der Waals surface area contributed by atoms with Gasteiger partial charge in [0.1, 0.15) is 5.75 Å².